The van der Waals surface area contributed by atoms with Crippen LogP contribution in [-0.4, -0.2) is 4.98 Å². The van der Waals surface area contributed by atoms with Crippen LogP contribution in [0.2, 0.25) is 0 Å². The zero-order valence-electron chi connectivity index (χ0n) is 9.59. The van der Waals surface area contributed by atoms with Crippen LogP contribution in [0.15, 0.2) is 22.6 Å². The minimum atomic E-state index is 0.987. The summed E-state index contributed by atoms with van der Waals surface area (Å²) in [5, 5.41) is 0. The van der Waals surface area contributed by atoms with E-state index in [1.54, 1.807) is 0 Å². The van der Waals surface area contributed by atoms with Crippen molar-refractivity contribution in [2.45, 2.75) is 39.0 Å². The zero-order valence-corrected chi connectivity index (χ0v) is 11.2. The molecular weight excluding hydrogens is 264 g/mol. The van der Waals surface area contributed by atoms with Crippen LogP contribution in [0.5, 0.6) is 0 Å². The highest BCUT2D eigenvalue weighted by atomic mass is 79.9. The maximum absolute atomic E-state index is 6.16. The molecule has 0 unspecified atom stereocenters. The molecule has 3 heteroatoms. The fourth-order valence-corrected chi connectivity index (χ4v) is 2.84. The van der Waals surface area contributed by atoms with Crippen LogP contribution in [0.25, 0.3) is 5.57 Å². The molecule has 0 saturated carbocycles. The fourth-order valence-electron chi connectivity index (χ4n) is 2.31. The van der Waals surface area contributed by atoms with Crippen LogP contribution in [-0.2, 0) is 6.42 Å². The Morgan fingerprint density at radius 2 is 2.25 bits per heavy atom. The number of pyridine rings is 1. The monoisotopic (exact) mass is 280 g/mol. The Labute approximate surface area is 105 Å². The van der Waals surface area contributed by atoms with Crippen LogP contribution in [0.1, 0.15) is 43.7 Å². The maximum atomic E-state index is 6.16. The topological polar surface area (TPSA) is 38.9 Å². The third-order valence-corrected chi connectivity index (χ3v) is 3.77. The quantitative estimate of drug-likeness (QED) is 0.898. The van der Waals surface area contributed by atoms with E-state index in [0.717, 1.165) is 35.9 Å². The highest BCUT2D eigenvalue weighted by Crippen LogP contribution is 2.35. The Kier molecular flexibility index (Phi) is 3.64. The Morgan fingerprint density at radius 1 is 1.44 bits per heavy atom. The van der Waals surface area contributed by atoms with E-state index in [-0.39, 0.29) is 0 Å². The zero-order chi connectivity index (χ0) is 11.5. The maximum Gasteiger partial charge on any atom is 0.0413 e. The molecule has 0 fully saturated rings. The summed E-state index contributed by atoms with van der Waals surface area (Å²) in [4.78, 5) is 4.25. The van der Waals surface area contributed by atoms with E-state index >= 15 is 0 Å². The molecule has 0 aromatic carbocycles. The standard InChI is InChI=1S/C13H17BrN2/c1-2-4-13(15)10-6-3-5-9-11(10)7-16-8-12(9)14/h7-8H,2-6,15H2,1H3/b13-10+. The van der Waals surface area contributed by atoms with Crippen molar-refractivity contribution in [3.63, 3.8) is 0 Å². The van der Waals surface area contributed by atoms with Crippen molar-refractivity contribution in [3.05, 3.63) is 33.7 Å². The molecule has 0 radical (unpaired) electrons. The molecule has 2 nitrogen and oxygen atoms in total. The number of hydrogen-bond acceptors (Lipinski definition) is 2. The summed E-state index contributed by atoms with van der Waals surface area (Å²) < 4.78 is 1.12. The van der Waals surface area contributed by atoms with Gasteiger partial charge in [0.1, 0.15) is 0 Å². The lowest BCUT2D eigenvalue weighted by Crippen LogP contribution is -2.09. The summed E-state index contributed by atoms with van der Waals surface area (Å²) >= 11 is 3.57. The van der Waals surface area contributed by atoms with Crippen LogP contribution in [0.4, 0.5) is 0 Å². The van der Waals surface area contributed by atoms with E-state index in [2.05, 4.69) is 27.8 Å². The van der Waals surface area contributed by atoms with Crippen LogP contribution < -0.4 is 5.73 Å². The molecule has 16 heavy (non-hydrogen) atoms. The number of fused-ring (bicyclic) bond motifs is 1. The van der Waals surface area contributed by atoms with Gasteiger partial charge in [0.15, 0.2) is 0 Å². The van der Waals surface area contributed by atoms with Gasteiger partial charge < -0.3 is 5.73 Å². The average molecular weight is 281 g/mol. The highest BCUT2D eigenvalue weighted by molar-refractivity contribution is 9.10. The number of hydrogen-bond donors (Lipinski definition) is 1. The van der Waals surface area contributed by atoms with Gasteiger partial charge in [-0.15, -0.1) is 0 Å². The van der Waals surface area contributed by atoms with Gasteiger partial charge in [-0.2, -0.15) is 0 Å². The van der Waals surface area contributed by atoms with Crippen molar-refractivity contribution in [3.8, 4) is 0 Å². The molecule has 0 bridgehead atoms. The summed E-state index contributed by atoms with van der Waals surface area (Å²) in [5.41, 5.74) is 11.1. The molecule has 2 N–H and O–H groups in total. The van der Waals surface area contributed by atoms with Crippen molar-refractivity contribution < 1.29 is 0 Å². The van der Waals surface area contributed by atoms with Crippen molar-refractivity contribution in [2.24, 2.45) is 5.73 Å². The van der Waals surface area contributed by atoms with E-state index in [1.165, 1.54) is 23.1 Å². The number of nitrogens with two attached hydrogens (primary N) is 1. The molecule has 1 aliphatic carbocycles. The highest BCUT2D eigenvalue weighted by Gasteiger charge is 2.18. The lowest BCUT2D eigenvalue weighted by molar-refractivity contribution is 0.796. The molecule has 2 rings (SSSR count). The molecular formula is C13H17BrN2. The van der Waals surface area contributed by atoms with E-state index < -0.39 is 0 Å². The summed E-state index contributed by atoms with van der Waals surface area (Å²) in [6.07, 6.45) is 9.33. The first-order chi connectivity index (χ1) is 7.74. The SMILES string of the molecule is CCC/C(N)=C1/CCCc2c(Br)cncc21. The molecule has 86 valence electrons. The third-order valence-electron chi connectivity index (χ3n) is 3.09. The van der Waals surface area contributed by atoms with Crippen molar-refractivity contribution in [1.82, 2.24) is 4.98 Å². The van der Waals surface area contributed by atoms with E-state index in [0.29, 0.717) is 0 Å². The normalized spacial score (nSPS) is 18.1. The Bertz CT molecular complexity index is 424. The van der Waals surface area contributed by atoms with Gasteiger partial charge in [-0.1, -0.05) is 13.3 Å². The van der Waals surface area contributed by atoms with Crippen molar-refractivity contribution in [1.29, 1.82) is 0 Å². The smallest absolute Gasteiger partial charge is 0.0413 e. The summed E-state index contributed by atoms with van der Waals surface area (Å²) in [6, 6.07) is 0. The fraction of sp³-hybridized carbons (Fsp3) is 0.462. The largest absolute Gasteiger partial charge is 0.402 e. The van der Waals surface area contributed by atoms with E-state index in [1.807, 2.05) is 12.4 Å². The summed E-state index contributed by atoms with van der Waals surface area (Å²) in [6.45, 7) is 2.16. The molecule has 1 aromatic heterocycles. The average Bonchev–Trinajstić information content (AvgIpc) is 2.29. The van der Waals surface area contributed by atoms with Gasteiger partial charge in [0.25, 0.3) is 0 Å². The Balaban J connectivity index is 2.48. The first-order valence-electron chi connectivity index (χ1n) is 5.84. The second kappa shape index (κ2) is 5.00. The molecule has 0 spiro atoms. The molecule has 1 aliphatic rings. The number of allylic oxidation sites excluding steroid dienone is 2. The van der Waals surface area contributed by atoms with Gasteiger partial charge in [-0.05, 0) is 52.7 Å². The van der Waals surface area contributed by atoms with Gasteiger partial charge in [0, 0.05) is 28.1 Å². The second-order valence-electron chi connectivity index (χ2n) is 4.25. The van der Waals surface area contributed by atoms with Crippen molar-refractivity contribution in [2.75, 3.05) is 0 Å². The Morgan fingerprint density at radius 3 is 3.00 bits per heavy atom. The van der Waals surface area contributed by atoms with Crippen LogP contribution in [0.3, 0.4) is 0 Å². The van der Waals surface area contributed by atoms with Crippen LogP contribution in [0, 0.1) is 0 Å². The first kappa shape index (κ1) is 11.6. The van der Waals surface area contributed by atoms with Gasteiger partial charge in [-0.3, -0.25) is 4.98 Å². The predicted octanol–water partition coefficient (Wildman–Crippen LogP) is 3.65. The van der Waals surface area contributed by atoms with Gasteiger partial charge in [0.2, 0.25) is 0 Å². The number of rotatable bonds is 2. The molecule has 0 saturated heterocycles. The molecule has 0 atom stereocenters. The second-order valence-corrected chi connectivity index (χ2v) is 5.11. The van der Waals surface area contributed by atoms with Gasteiger partial charge >= 0.3 is 0 Å². The summed E-state index contributed by atoms with van der Waals surface area (Å²) in [7, 11) is 0. The third kappa shape index (κ3) is 2.14. The Hall–Kier alpha value is -0.830. The molecule has 0 amide bonds. The lowest BCUT2D eigenvalue weighted by atomic mass is 9.87. The lowest BCUT2D eigenvalue weighted by Gasteiger charge is -2.21. The first-order valence-corrected chi connectivity index (χ1v) is 6.63. The summed E-state index contributed by atoms with van der Waals surface area (Å²) in [5.74, 6) is 0. The van der Waals surface area contributed by atoms with E-state index in [4.69, 9.17) is 5.73 Å². The van der Waals surface area contributed by atoms with Gasteiger partial charge in [0.05, 0.1) is 0 Å². The molecule has 1 aromatic rings. The number of aromatic nitrogens is 1. The van der Waals surface area contributed by atoms with Crippen LogP contribution >= 0.6 is 15.9 Å². The molecule has 0 aliphatic heterocycles. The predicted molar refractivity (Wildman–Crippen MR) is 70.9 cm³/mol. The minimum absolute atomic E-state index is 0.987. The molecule has 1 heterocycles. The van der Waals surface area contributed by atoms with Gasteiger partial charge in [-0.25, -0.2) is 0 Å². The van der Waals surface area contributed by atoms with Crippen molar-refractivity contribution >= 4 is 21.5 Å². The number of nitrogens with zero attached hydrogens (tertiary/aromatic N) is 1. The number of halogens is 1. The minimum Gasteiger partial charge on any atom is -0.402 e. The van der Waals surface area contributed by atoms with E-state index in [9.17, 15) is 0 Å².